The van der Waals surface area contributed by atoms with E-state index in [1.165, 1.54) is 26.2 Å². The quantitative estimate of drug-likeness (QED) is 0.468. The first-order valence-corrected chi connectivity index (χ1v) is 11.3. The molecule has 1 aliphatic carbocycles. The van der Waals surface area contributed by atoms with Gasteiger partial charge in [0.05, 0.1) is 19.3 Å². The van der Waals surface area contributed by atoms with E-state index < -0.39 is 12.2 Å². The van der Waals surface area contributed by atoms with Gasteiger partial charge in [-0.05, 0) is 56.2 Å². The summed E-state index contributed by atoms with van der Waals surface area (Å²) in [7, 11) is 0. The van der Waals surface area contributed by atoms with Crippen LogP contribution < -0.4 is 16.0 Å². The van der Waals surface area contributed by atoms with Crippen LogP contribution in [-0.2, 0) is 14.2 Å². The highest BCUT2D eigenvalue weighted by Gasteiger charge is 2.49. The summed E-state index contributed by atoms with van der Waals surface area (Å²) in [6, 6.07) is 7.00. The minimum absolute atomic E-state index is 0.0294. The fourth-order valence-corrected chi connectivity index (χ4v) is 4.72. The average Bonchev–Trinajstić information content (AvgIpc) is 3.32. The van der Waals surface area contributed by atoms with E-state index in [2.05, 4.69) is 16.0 Å². The third-order valence-electron chi connectivity index (χ3n) is 6.06. The molecule has 0 aromatic heterocycles. The highest BCUT2D eigenvalue weighted by molar-refractivity contribution is 7.80. The first-order chi connectivity index (χ1) is 15.0. The van der Waals surface area contributed by atoms with Gasteiger partial charge in [-0.3, -0.25) is 10.1 Å². The van der Waals surface area contributed by atoms with Crippen LogP contribution in [0.1, 0.15) is 49.4 Å². The van der Waals surface area contributed by atoms with E-state index >= 15 is 0 Å². The number of amides is 1. The van der Waals surface area contributed by atoms with Crippen LogP contribution in [0.15, 0.2) is 24.3 Å². The molecule has 0 radical (unpaired) electrons. The van der Waals surface area contributed by atoms with E-state index in [9.17, 15) is 9.59 Å². The lowest BCUT2D eigenvalue weighted by molar-refractivity contribution is 0.00879. The molecule has 0 bridgehead atoms. The number of thiocarbonyl (C=S) groups is 1. The molecule has 2 saturated heterocycles. The zero-order chi connectivity index (χ0) is 21.8. The van der Waals surface area contributed by atoms with Crippen LogP contribution in [0.4, 0.5) is 10.5 Å². The van der Waals surface area contributed by atoms with Crippen molar-refractivity contribution in [1.29, 1.82) is 0 Å². The molecule has 4 atom stereocenters. The first kappa shape index (κ1) is 22.0. The van der Waals surface area contributed by atoms with Gasteiger partial charge < -0.3 is 24.8 Å². The number of carbonyl (C=O) groups excluding carboxylic acids is 2. The molecule has 0 spiro atoms. The maximum atomic E-state index is 12.3. The maximum Gasteiger partial charge on any atom is 0.412 e. The van der Waals surface area contributed by atoms with Gasteiger partial charge in [0, 0.05) is 17.3 Å². The summed E-state index contributed by atoms with van der Waals surface area (Å²) in [5.41, 5.74) is 1.14. The smallest absolute Gasteiger partial charge is 0.412 e. The number of hydrogen-bond donors (Lipinski definition) is 3. The largest absolute Gasteiger partial charge is 0.441 e. The molecule has 2 heterocycles. The number of benzene rings is 1. The Kier molecular flexibility index (Phi) is 7.04. The van der Waals surface area contributed by atoms with Crippen molar-refractivity contribution >= 4 is 34.9 Å². The van der Waals surface area contributed by atoms with E-state index in [0.29, 0.717) is 29.0 Å². The van der Waals surface area contributed by atoms with Crippen LogP contribution in [0.25, 0.3) is 0 Å². The molecule has 0 unspecified atom stereocenters. The number of rotatable bonds is 5. The Morgan fingerprint density at radius 2 is 1.71 bits per heavy atom. The van der Waals surface area contributed by atoms with E-state index in [0.717, 1.165) is 12.8 Å². The second kappa shape index (κ2) is 9.93. The summed E-state index contributed by atoms with van der Waals surface area (Å²) in [5.74, 6) is -0.0294. The minimum Gasteiger partial charge on any atom is -0.441 e. The van der Waals surface area contributed by atoms with Gasteiger partial charge in [0.15, 0.2) is 17.0 Å². The fourth-order valence-electron chi connectivity index (χ4n) is 4.40. The summed E-state index contributed by atoms with van der Waals surface area (Å²) in [6.07, 6.45) is 4.44. The molecule has 1 aromatic carbocycles. The van der Waals surface area contributed by atoms with Crippen molar-refractivity contribution < 1.29 is 23.8 Å². The topological polar surface area (TPSA) is 97.9 Å². The number of hydrogen-bond acceptors (Lipinski definition) is 6. The number of nitrogens with one attached hydrogen (secondary N) is 3. The van der Waals surface area contributed by atoms with Gasteiger partial charge in [-0.25, -0.2) is 4.79 Å². The highest BCUT2D eigenvalue weighted by atomic mass is 32.1. The van der Waals surface area contributed by atoms with Crippen LogP contribution in [0.3, 0.4) is 0 Å². The van der Waals surface area contributed by atoms with Crippen LogP contribution in [0.2, 0.25) is 0 Å². The van der Waals surface area contributed by atoms with Gasteiger partial charge in [0.2, 0.25) is 0 Å². The zero-order valence-electron chi connectivity index (χ0n) is 17.6. The van der Waals surface area contributed by atoms with E-state index in [4.69, 9.17) is 26.4 Å². The van der Waals surface area contributed by atoms with E-state index in [1.54, 1.807) is 24.3 Å². The van der Waals surface area contributed by atoms with Crippen molar-refractivity contribution in [1.82, 2.24) is 10.6 Å². The summed E-state index contributed by atoms with van der Waals surface area (Å²) in [6.45, 7) is 2.21. The fraction of sp³-hybridized carbons (Fsp3) is 0.591. The molecule has 3 aliphatic rings. The van der Waals surface area contributed by atoms with Gasteiger partial charge in [0.25, 0.3) is 0 Å². The first-order valence-electron chi connectivity index (χ1n) is 10.9. The van der Waals surface area contributed by atoms with E-state index in [-0.39, 0.29) is 30.6 Å². The molecule has 3 fully saturated rings. The van der Waals surface area contributed by atoms with E-state index in [1.807, 2.05) is 0 Å². The summed E-state index contributed by atoms with van der Waals surface area (Å²) in [5, 5.41) is 10.0. The number of ketones is 1. The lowest BCUT2D eigenvalue weighted by Gasteiger charge is -2.26. The van der Waals surface area contributed by atoms with Crippen LogP contribution >= 0.6 is 12.2 Å². The Bertz CT molecular complexity index is 812. The molecule has 8 nitrogen and oxygen atoms in total. The molecular weight excluding hydrogens is 418 g/mol. The Hall–Kier alpha value is -2.23. The molecule has 1 aromatic rings. The number of ether oxygens (including phenoxy) is 3. The third kappa shape index (κ3) is 5.53. The van der Waals surface area contributed by atoms with Crippen LogP contribution in [-0.4, -0.2) is 60.6 Å². The molecule has 4 rings (SSSR count). The predicted octanol–water partition coefficient (Wildman–Crippen LogP) is 2.77. The normalized spacial score (nSPS) is 27.9. The molecular formula is C22H29N3O5S. The van der Waals surface area contributed by atoms with Crippen molar-refractivity contribution in [2.75, 3.05) is 18.5 Å². The standard InChI is InChI=1S/C22H29N3O5S/c1-13(26)14-7-9-16(10-8-14)24-22(27)30-18-12-29-19-17(11-28-20(18)19)25-21(31)23-15-5-3-2-4-6-15/h7-10,15,17-20H,2-6,11-12H2,1H3,(H,24,27)(H2,23,25,31)/t17-,18+,19+,20+/m0/s1. The molecule has 3 N–H and O–H groups in total. The Morgan fingerprint density at radius 1 is 1.00 bits per heavy atom. The minimum atomic E-state index is -0.584. The highest BCUT2D eigenvalue weighted by Crippen LogP contribution is 2.29. The van der Waals surface area contributed by atoms with Gasteiger partial charge in [-0.1, -0.05) is 19.3 Å². The van der Waals surface area contributed by atoms with Gasteiger partial charge in [0.1, 0.15) is 12.2 Å². The lowest BCUT2D eigenvalue weighted by Crippen LogP contribution is -2.50. The van der Waals surface area contributed by atoms with Gasteiger partial charge in [-0.2, -0.15) is 0 Å². The molecule has 31 heavy (non-hydrogen) atoms. The predicted molar refractivity (Wildman–Crippen MR) is 119 cm³/mol. The lowest BCUT2D eigenvalue weighted by atomic mass is 9.96. The number of anilines is 1. The second-order valence-electron chi connectivity index (χ2n) is 8.36. The number of Topliss-reactive ketones (excluding diaryl/α,β-unsaturated/α-hetero) is 1. The molecule has 168 valence electrons. The van der Waals surface area contributed by atoms with Crippen molar-refractivity contribution in [3.8, 4) is 0 Å². The third-order valence-corrected chi connectivity index (χ3v) is 6.30. The van der Waals surface area contributed by atoms with Crippen molar-refractivity contribution in [2.45, 2.75) is 69.4 Å². The monoisotopic (exact) mass is 447 g/mol. The molecule has 9 heteroatoms. The summed E-state index contributed by atoms with van der Waals surface area (Å²) < 4.78 is 17.3. The SMILES string of the molecule is CC(=O)c1ccc(NC(=O)O[C@@H]2CO[C@H]3[C@@H]2OC[C@@H]3NC(=S)NC2CCCCC2)cc1. The Balaban J connectivity index is 1.24. The number of carbonyl (C=O) groups is 2. The average molecular weight is 448 g/mol. The van der Waals surface area contributed by atoms with Gasteiger partial charge >= 0.3 is 6.09 Å². The number of fused-ring (bicyclic) bond motifs is 1. The molecule has 2 aliphatic heterocycles. The van der Waals surface area contributed by atoms with Crippen molar-refractivity contribution in [3.63, 3.8) is 0 Å². The maximum absolute atomic E-state index is 12.3. The Labute approximate surface area is 187 Å². The summed E-state index contributed by atoms with van der Waals surface area (Å²) >= 11 is 5.48. The van der Waals surface area contributed by atoms with Gasteiger partial charge in [-0.15, -0.1) is 0 Å². The van der Waals surface area contributed by atoms with Crippen molar-refractivity contribution in [3.05, 3.63) is 29.8 Å². The van der Waals surface area contributed by atoms with Crippen LogP contribution in [0, 0.1) is 0 Å². The molecule has 1 saturated carbocycles. The van der Waals surface area contributed by atoms with Crippen LogP contribution in [0.5, 0.6) is 0 Å². The Morgan fingerprint density at radius 3 is 2.42 bits per heavy atom. The summed E-state index contributed by atoms with van der Waals surface area (Å²) in [4.78, 5) is 23.6. The molecule has 1 amide bonds. The zero-order valence-corrected chi connectivity index (χ0v) is 18.4. The second-order valence-corrected chi connectivity index (χ2v) is 8.77. The van der Waals surface area contributed by atoms with Crippen molar-refractivity contribution in [2.24, 2.45) is 0 Å².